The fourth-order valence-electron chi connectivity index (χ4n) is 1.59. The van der Waals surface area contributed by atoms with E-state index in [1.54, 1.807) is 0 Å². The second-order valence-corrected chi connectivity index (χ2v) is 5.32. The Labute approximate surface area is 112 Å². The maximum absolute atomic E-state index is 13.1. The number of nitrogens with zero attached hydrogens (tertiary/aromatic N) is 1. The van der Waals surface area contributed by atoms with Crippen molar-refractivity contribution in [3.63, 3.8) is 0 Å². The van der Waals surface area contributed by atoms with Crippen molar-refractivity contribution in [1.29, 1.82) is 5.26 Å². The van der Waals surface area contributed by atoms with Crippen LogP contribution in [0.5, 0.6) is 0 Å². The molecule has 0 aliphatic rings. The van der Waals surface area contributed by atoms with Crippen LogP contribution >= 0.6 is 0 Å². The summed E-state index contributed by atoms with van der Waals surface area (Å²) in [6.45, 7) is 6.08. The maximum Gasteiger partial charge on any atom is 0.234 e. The van der Waals surface area contributed by atoms with E-state index in [1.807, 2.05) is 26.8 Å². The predicted molar refractivity (Wildman–Crippen MR) is 70.7 cm³/mol. The standard InChI is InChI=1S/C14H18FN3O/c1-14(2,3)18-13(19)9-17-8-11-6-12(15)5-4-10(11)7-16/h4-6,17H,8-9H2,1-3H3,(H,18,19). The summed E-state index contributed by atoms with van der Waals surface area (Å²) in [6.07, 6.45) is 0. The lowest BCUT2D eigenvalue weighted by Gasteiger charge is -2.20. The number of nitrogens with one attached hydrogen (secondary N) is 2. The van der Waals surface area contributed by atoms with Gasteiger partial charge in [0.25, 0.3) is 0 Å². The van der Waals surface area contributed by atoms with E-state index in [2.05, 4.69) is 10.6 Å². The van der Waals surface area contributed by atoms with E-state index in [0.29, 0.717) is 11.1 Å². The molecule has 0 aliphatic carbocycles. The summed E-state index contributed by atoms with van der Waals surface area (Å²) in [4.78, 5) is 11.6. The molecule has 0 fully saturated rings. The lowest BCUT2D eigenvalue weighted by atomic mass is 10.1. The number of hydrogen-bond donors (Lipinski definition) is 2. The molecule has 2 N–H and O–H groups in total. The molecule has 1 aromatic carbocycles. The Kier molecular flexibility index (Phi) is 5.02. The number of carbonyl (C=O) groups is 1. The largest absolute Gasteiger partial charge is 0.350 e. The molecule has 0 heterocycles. The maximum atomic E-state index is 13.1. The molecule has 0 saturated heterocycles. The minimum Gasteiger partial charge on any atom is -0.350 e. The summed E-state index contributed by atoms with van der Waals surface area (Å²) in [5, 5.41) is 14.6. The van der Waals surface area contributed by atoms with E-state index < -0.39 is 5.82 Å². The Morgan fingerprint density at radius 1 is 1.42 bits per heavy atom. The molecule has 0 bridgehead atoms. The summed E-state index contributed by atoms with van der Waals surface area (Å²) < 4.78 is 13.1. The van der Waals surface area contributed by atoms with Crippen LogP contribution in [0.2, 0.25) is 0 Å². The highest BCUT2D eigenvalue weighted by molar-refractivity contribution is 5.78. The number of hydrogen-bond acceptors (Lipinski definition) is 3. The number of rotatable bonds is 4. The molecule has 0 saturated carbocycles. The lowest BCUT2D eigenvalue weighted by molar-refractivity contribution is -0.121. The number of nitriles is 1. The van der Waals surface area contributed by atoms with Gasteiger partial charge >= 0.3 is 0 Å². The topological polar surface area (TPSA) is 64.9 Å². The molecule has 1 amide bonds. The lowest BCUT2D eigenvalue weighted by Crippen LogP contribution is -2.44. The van der Waals surface area contributed by atoms with Crippen LogP contribution in [0.25, 0.3) is 0 Å². The summed E-state index contributed by atoms with van der Waals surface area (Å²) in [6, 6.07) is 5.97. The van der Waals surface area contributed by atoms with Gasteiger partial charge in [-0.2, -0.15) is 5.26 Å². The van der Waals surface area contributed by atoms with Crippen LogP contribution in [-0.4, -0.2) is 18.0 Å². The summed E-state index contributed by atoms with van der Waals surface area (Å²) in [5.41, 5.74) is 0.672. The third-order valence-corrected chi connectivity index (χ3v) is 2.30. The first-order valence-corrected chi connectivity index (χ1v) is 6.02. The van der Waals surface area contributed by atoms with Crippen LogP contribution < -0.4 is 10.6 Å². The zero-order valence-corrected chi connectivity index (χ0v) is 11.4. The summed E-state index contributed by atoms with van der Waals surface area (Å²) >= 11 is 0. The molecule has 0 radical (unpaired) electrons. The first-order chi connectivity index (χ1) is 8.81. The highest BCUT2D eigenvalue weighted by Crippen LogP contribution is 2.10. The second-order valence-electron chi connectivity index (χ2n) is 5.32. The molecule has 102 valence electrons. The second kappa shape index (κ2) is 6.30. The van der Waals surface area contributed by atoms with Gasteiger partial charge in [0, 0.05) is 12.1 Å². The molecule has 1 rings (SSSR count). The highest BCUT2D eigenvalue weighted by atomic mass is 19.1. The van der Waals surface area contributed by atoms with Gasteiger partial charge in [0.1, 0.15) is 5.82 Å². The van der Waals surface area contributed by atoms with Crippen molar-refractivity contribution in [3.8, 4) is 6.07 Å². The van der Waals surface area contributed by atoms with E-state index in [1.165, 1.54) is 18.2 Å². The molecule has 0 unspecified atom stereocenters. The number of halogens is 1. The van der Waals surface area contributed by atoms with E-state index in [0.717, 1.165) is 0 Å². The van der Waals surface area contributed by atoms with Crippen LogP contribution in [-0.2, 0) is 11.3 Å². The SMILES string of the molecule is CC(C)(C)NC(=O)CNCc1cc(F)ccc1C#N. The van der Waals surface area contributed by atoms with Crippen LogP contribution in [0, 0.1) is 17.1 Å². The predicted octanol–water partition coefficient (Wildman–Crippen LogP) is 1.70. The third kappa shape index (κ3) is 5.49. The Bertz CT molecular complexity index is 500. The van der Waals surface area contributed by atoms with Crippen molar-refractivity contribution < 1.29 is 9.18 Å². The van der Waals surface area contributed by atoms with Gasteiger partial charge in [-0.25, -0.2) is 4.39 Å². The Balaban J connectivity index is 2.52. The van der Waals surface area contributed by atoms with Crippen molar-refractivity contribution in [2.24, 2.45) is 0 Å². The van der Waals surface area contributed by atoms with Gasteiger partial charge < -0.3 is 10.6 Å². The van der Waals surface area contributed by atoms with Gasteiger partial charge in [0.2, 0.25) is 5.91 Å². The zero-order valence-electron chi connectivity index (χ0n) is 11.4. The molecule has 1 aromatic rings. The highest BCUT2D eigenvalue weighted by Gasteiger charge is 2.13. The Morgan fingerprint density at radius 2 is 2.11 bits per heavy atom. The summed E-state index contributed by atoms with van der Waals surface area (Å²) in [7, 11) is 0. The average Bonchev–Trinajstić information content (AvgIpc) is 2.27. The van der Waals surface area contributed by atoms with Gasteiger partial charge in [-0.3, -0.25) is 4.79 Å². The Hall–Kier alpha value is -1.93. The Morgan fingerprint density at radius 3 is 2.68 bits per heavy atom. The van der Waals surface area contributed by atoms with Crippen LogP contribution in [0.4, 0.5) is 4.39 Å². The zero-order chi connectivity index (χ0) is 14.5. The molecule has 0 spiro atoms. The van der Waals surface area contributed by atoms with Crippen molar-refractivity contribution in [2.75, 3.05) is 6.54 Å². The van der Waals surface area contributed by atoms with Crippen molar-refractivity contribution in [1.82, 2.24) is 10.6 Å². The molecular formula is C14H18FN3O. The fourth-order valence-corrected chi connectivity index (χ4v) is 1.59. The third-order valence-electron chi connectivity index (χ3n) is 2.30. The van der Waals surface area contributed by atoms with Gasteiger partial charge in [0.15, 0.2) is 0 Å². The van der Waals surface area contributed by atoms with E-state index in [4.69, 9.17) is 5.26 Å². The first kappa shape index (κ1) is 15.1. The average molecular weight is 263 g/mol. The van der Waals surface area contributed by atoms with Crippen LogP contribution in [0.15, 0.2) is 18.2 Å². The van der Waals surface area contributed by atoms with E-state index >= 15 is 0 Å². The normalized spacial score (nSPS) is 10.9. The molecular weight excluding hydrogens is 245 g/mol. The van der Waals surface area contributed by atoms with Crippen LogP contribution in [0.3, 0.4) is 0 Å². The first-order valence-electron chi connectivity index (χ1n) is 6.02. The minimum atomic E-state index is -0.394. The van der Waals surface area contributed by atoms with Crippen molar-refractivity contribution in [2.45, 2.75) is 32.9 Å². The number of benzene rings is 1. The van der Waals surface area contributed by atoms with Gasteiger partial charge in [-0.1, -0.05) is 0 Å². The minimum absolute atomic E-state index is 0.124. The molecule has 5 heteroatoms. The molecule has 0 aliphatic heterocycles. The molecule has 19 heavy (non-hydrogen) atoms. The van der Waals surface area contributed by atoms with Gasteiger partial charge in [-0.15, -0.1) is 0 Å². The van der Waals surface area contributed by atoms with Gasteiger partial charge in [0.05, 0.1) is 18.2 Å². The molecule has 4 nitrogen and oxygen atoms in total. The monoisotopic (exact) mass is 263 g/mol. The van der Waals surface area contributed by atoms with Crippen LogP contribution in [0.1, 0.15) is 31.9 Å². The van der Waals surface area contributed by atoms with Crippen molar-refractivity contribution in [3.05, 3.63) is 35.1 Å². The van der Waals surface area contributed by atoms with Crippen molar-refractivity contribution >= 4 is 5.91 Å². The smallest absolute Gasteiger partial charge is 0.234 e. The summed E-state index contributed by atoms with van der Waals surface area (Å²) in [5.74, 6) is -0.530. The molecule has 0 aromatic heterocycles. The fraction of sp³-hybridized carbons (Fsp3) is 0.429. The quantitative estimate of drug-likeness (QED) is 0.869. The molecule has 0 atom stereocenters. The van der Waals surface area contributed by atoms with Gasteiger partial charge in [-0.05, 0) is 44.5 Å². The number of carbonyl (C=O) groups excluding carboxylic acids is 1. The van der Waals surface area contributed by atoms with E-state index in [9.17, 15) is 9.18 Å². The van der Waals surface area contributed by atoms with E-state index in [-0.39, 0.29) is 24.5 Å². The number of amides is 1.